The first-order valence-corrected chi connectivity index (χ1v) is 14.0. The molecule has 1 saturated heterocycles. The molecule has 0 radical (unpaired) electrons. The Balaban J connectivity index is 1.34. The van der Waals surface area contributed by atoms with E-state index in [4.69, 9.17) is 11.3 Å². The lowest BCUT2D eigenvalue weighted by molar-refractivity contribution is -0.146. The first-order valence-electron chi connectivity index (χ1n) is 14.0. The van der Waals surface area contributed by atoms with Crippen LogP contribution in [0.5, 0.6) is 5.75 Å². The highest BCUT2D eigenvalue weighted by atomic mass is 16.5. The van der Waals surface area contributed by atoms with Gasteiger partial charge in [0.2, 0.25) is 11.8 Å². The summed E-state index contributed by atoms with van der Waals surface area (Å²) in [4.78, 5) is 60.3. The van der Waals surface area contributed by atoms with Crippen molar-refractivity contribution in [3.63, 3.8) is 0 Å². The van der Waals surface area contributed by atoms with Gasteiger partial charge in [-0.25, -0.2) is 6.57 Å². The lowest BCUT2D eigenvalue weighted by Crippen LogP contribution is -2.55. The molecular formula is C31H35N5O5. The van der Waals surface area contributed by atoms with E-state index in [1.54, 1.807) is 26.1 Å². The van der Waals surface area contributed by atoms with Crippen molar-refractivity contribution in [3.8, 4) is 5.75 Å². The van der Waals surface area contributed by atoms with Crippen LogP contribution in [0, 0.1) is 12.5 Å². The van der Waals surface area contributed by atoms with Gasteiger partial charge in [-0.15, -0.1) is 0 Å². The van der Waals surface area contributed by atoms with Crippen molar-refractivity contribution in [1.82, 2.24) is 15.1 Å². The molecular weight excluding hydrogens is 522 g/mol. The lowest BCUT2D eigenvalue weighted by atomic mass is 9.80. The van der Waals surface area contributed by atoms with Crippen molar-refractivity contribution in [1.29, 1.82) is 0 Å². The van der Waals surface area contributed by atoms with Crippen molar-refractivity contribution in [2.75, 3.05) is 25.5 Å². The van der Waals surface area contributed by atoms with Gasteiger partial charge in [0, 0.05) is 31.3 Å². The quantitative estimate of drug-likeness (QED) is 0.509. The zero-order valence-electron chi connectivity index (χ0n) is 23.8. The van der Waals surface area contributed by atoms with Crippen molar-refractivity contribution >= 4 is 29.3 Å². The standard InChI is InChI=1S/C31H35N5O5/c1-18(2)14-24(35(5)28(38)19(3)33-27(37)21-11-10-20-12-13-41-25(20)15-21)29(39)36-17-31(16-26(36)32-4)22-8-6-7-9-23(22)34-30(31)40/h6-11,15,18-19,24,26H,12-14,16-17H2,1-3,5H3,(H,33,37)(H,34,40)/t19-,24-,26-,31-/m0/s1. The van der Waals surface area contributed by atoms with Gasteiger partial charge in [0.05, 0.1) is 13.0 Å². The number of likely N-dealkylation sites (N-methyl/N-ethyl adjacent to an activating group) is 1. The van der Waals surface area contributed by atoms with E-state index < -0.39 is 35.5 Å². The maximum atomic E-state index is 14.1. The van der Waals surface area contributed by atoms with E-state index in [0.29, 0.717) is 30.0 Å². The Kier molecular flexibility index (Phi) is 7.47. The largest absolute Gasteiger partial charge is 0.493 e. The summed E-state index contributed by atoms with van der Waals surface area (Å²) in [5.41, 5.74) is 1.90. The van der Waals surface area contributed by atoms with Crippen molar-refractivity contribution in [3.05, 3.63) is 70.6 Å². The SMILES string of the molecule is [C-]#[N+][C@@H]1C[C@@]2(CN1C(=O)[C@H](CC(C)C)N(C)C(=O)[C@H](C)NC(=O)c1ccc3c(c1)OCC3)C(=O)Nc1ccccc12. The third-order valence-corrected chi connectivity index (χ3v) is 8.36. The van der Waals surface area contributed by atoms with Gasteiger partial charge in [-0.1, -0.05) is 38.1 Å². The van der Waals surface area contributed by atoms with Crippen LogP contribution in [-0.2, 0) is 26.2 Å². The molecule has 0 aliphatic carbocycles. The van der Waals surface area contributed by atoms with Gasteiger partial charge in [-0.05, 0) is 48.6 Å². The van der Waals surface area contributed by atoms with Crippen LogP contribution in [0.4, 0.5) is 5.69 Å². The number of hydrogen-bond donors (Lipinski definition) is 2. The highest BCUT2D eigenvalue weighted by Gasteiger charge is 2.59. The molecule has 4 atom stereocenters. The number of rotatable bonds is 7. The number of hydrogen-bond acceptors (Lipinski definition) is 5. The molecule has 3 heterocycles. The number of carbonyl (C=O) groups is 4. The third kappa shape index (κ3) is 5.01. The number of anilines is 1. The fraction of sp³-hybridized carbons (Fsp3) is 0.452. The summed E-state index contributed by atoms with van der Waals surface area (Å²) in [6.45, 7) is 14.0. The van der Waals surface area contributed by atoms with E-state index >= 15 is 0 Å². The van der Waals surface area contributed by atoms with Crippen LogP contribution in [0.25, 0.3) is 4.85 Å². The summed E-state index contributed by atoms with van der Waals surface area (Å²) >= 11 is 0. The Labute approximate surface area is 239 Å². The smallest absolute Gasteiger partial charge is 0.302 e. The summed E-state index contributed by atoms with van der Waals surface area (Å²) in [6.07, 6.45) is 0.512. The molecule has 41 heavy (non-hydrogen) atoms. The van der Waals surface area contributed by atoms with E-state index in [9.17, 15) is 19.2 Å². The van der Waals surface area contributed by atoms with E-state index in [-0.39, 0.29) is 30.7 Å². The van der Waals surface area contributed by atoms with Crippen LogP contribution in [0.1, 0.15) is 55.1 Å². The maximum absolute atomic E-state index is 14.1. The predicted octanol–water partition coefficient (Wildman–Crippen LogP) is 2.98. The van der Waals surface area contributed by atoms with Gasteiger partial charge in [0.1, 0.15) is 23.2 Å². The Hall–Kier alpha value is -4.39. The Bertz CT molecular complexity index is 1450. The third-order valence-electron chi connectivity index (χ3n) is 8.36. The van der Waals surface area contributed by atoms with Crippen LogP contribution in [0.3, 0.4) is 0 Å². The first kappa shape index (κ1) is 28.1. The highest BCUT2D eigenvalue weighted by Crippen LogP contribution is 2.47. The molecule has 0 unspecified atom stereocenters. The molecule has 2 aromatic carbocycles. The Morgan fingerprint density at radius 3 is 2.71 bits per heavy atom. The topological polar surface area (TPSA) is 112 Å². The zero-order chi connectivity index (χ0) is 29.5. The van der Waals surface area contributed by atoms with Crippen molar-refractivity contribution in [2.45, 2.75) is 63.7 Å². The number of nitrogens with zero attached hydrogens (tertiary/aromatic N) is 3. The van der Waals surface area contributed by atoms with Gasteiger partial charge in [-0.2, -0.15) is 0 Å². The highest BCUT2D eigenvalue weighted by molar-refractivity contribution is 6.07. The first-order chi connectivity index (χ1) is 19.6. The van der Waals surface area contributed by atoms with E-state index in [1.807, 2.05) is 44.2 Å². The minimum atomic E-state index is -1.01. The van der Waals surface area contributed by atoms with Crippen LogP contribution < -0.4 is 15.4 Å². The van der Waals surface area contributed by atoms with E-state index in [2.05, 4.69) is 15.5 Å². The number of carbonyl (C=O) groups excluding carboxylic acids is 4. The molecule has 5 rings (SSSR count). The predicted molar refractivity (Wildman–Crippen MR) is 152 cm³/mol. The summed E-state index contributed by atoms with van der Waals surface area (Å²) < 4.78 is 5.56. The summed E-state index contributed by atoms with van der Waals surface area (Å²) in [7, 11) is 1.55. The van der Waals surface area contributed by atoms with Crippen LogP contribution in [0.2, 0.25) is 0 Å². The van der Waals surface area contributed by atoms with Crippen molar-refractivity contribution in [2.24, 2.45) is 5.92 Å². The summed E-state index contributed by atoms with van der Waals surface area (Å²) in [6, 6.07) is 10.8. The number of ether oxygens (including phenoxy) is 1. The zero-order valence-corrected chi connectivity index (χ0v) is 23.8. The maximum Gasteiger partial charge on any atom is 0.302 e. The van der Waals surface area contributed by atoms with Crippen molar-refractivity contribution < 1.29 is 23.9 Å². The average Bonchev–Trinajstić information content (AvgIpc) is 3.66. The molecule has 10 heteroatoms. The Morgan fingerprint density at radius 1 is 1.22 bits per heavy atom. The monoisotopic (exact) mass is 557 g/mol. The summed E-state index contributed by atoms with van der Waals surface area (Å²) in [5, 5.41) is 5.65. The van der Waals surface area contributed by atoms with Gasteiger partial charge in [-0.3, -0.25) is 28.9 Å². The normalized spacial score (nSPS) is 21.9. The van der Waals surface area contributed by atoms with E-state index in [1.165, 1.54) is 9.80 Å². The second kappa shape index (κ2) is 10.9. The number of benzene rings is 2. The molecule has 0 bridgehead atoms. The molecule has 2 N–H and O–H groups in total. The fourth-order valence-corrected chi connectivity index (χ4v) is 6.13. The minimum Gasteiger partial charge on any atom is -0.493 e. The molecule has 1 spiro atoms. The van der Waals surface area contributed by atoms with Crippen LogP contribution in [0.15, 0.2) is 42.5 Å². The fourth-order valence-electron chi connectivity index (χ4n) is 6.13. The molecule has 214 valence electrons. The van der Waals surface area contributed by atoms with Gasteiger partial charge < -0.3 is 20.3 Å². The summed E-state index contributed by atoms with van der Waals surface area (Å²) in [5.74, 6) is -0.696. The van der Waals surface area contributed by atoms with E-state index in [0.717, 1.165) is 17.5 Å². The molecule has 4 amide bonds. The second-order valence-corrected chi connectivity index (χ2v) is 11.6. The molecule has 1 fully saturated rings. The molecule has 2 aromatic rings. The van der Waals surface area contributed by atoms with Crippen LogP contribution in [-0.4, -0.2) is 71.9 Å². The molecule has 10 nitrogen and oxygen atoms in total. The molecule has 3 aliphatic heterocycles. The molecule has 3 aliphatic rings. The van der Waals surface area contributed by atoms with Crippen LogP contribution >= 0.6 is 0 Å². The van der Waals surface area contributed by atoms with Gasteiger partial charge in [0.25, 0.3) is 11.8 Å². The average molecular weight is 558 g/mol. The number of nitrogens with one attached hydrogen (secondary N) is 2. The molecule has 0 saturated carbocycles. The number of fused-ring (bicyclic) bond motifs is 3. The van der Waals surface area contributed by atoms with Gasteiger partial charge >= 0.3 is 6.17 Å². The lowest BCUT2D eigenvalue weighted by Gasteiger charge is -2.33. The second-order valence-electron chi connectivity index (χ2n) is 11.6. The number of amides is 4. The number of likely N-dealkylation sites (tertiary alicyclic amines) is 1. The number of para-hydroxylation sites is 1. The Morgan fingerprint density at radius 2 is 1.98 bits per heavy atom. The minimum absolute atomic E-state index is 0.0606. The molecule has 0 aromatic heterocycles. The van der Waals surface area contributed by atoms with Gasteiger partial charge in [0.15, 0.2) is 0 Å².